The number of halogens is 2. The van der Waals surface area contributed by atoms with Crippen molar-refractivity contribution < 1.29 is 14.7 Å². The van der Waals surface area contributed by atoms with Crippen molar-refractivity contribution >= 4 is 46.4 Å². The first-order chi connectivity index (χ1) is 10.8. The lowest BCUT2D eigenvalue weighted by Crippen LogP contribution is -2.42. The molecule has 1 unspecified atom stereocenters. The van der Waals surface area contributed by atoms with Gasteiger partial charge in [-0.2, -0.15) is 0 Å². The number of aromatic nitrogens is 1. The van der Waals surface area contributed by atoms with Gasteiger partial charge in [-0.25, -0.2) is 9.78 Å². The van der Waals surface area contributed by atoms with Gasteiger partial charge in [0.2, 0.25) is 0 Å². The maximum absolute atomic E-state index is 12.3. The summed E-state index contributed by atoms with van der Waals surface area (Å²) in [5, 5.41) is 13.4. The third-order valence-electron chi connectivity index (χ3n) is 3.08. The Balaban J connectivity index is 2.17. The molecule has 2 rings (SSSR count). The van der Waals surface area contributed by atoms with Crippen LogP contribution >= 0.6 is 34.5 Å². The van der Waals surface area contributed by atoms with E-state index < -0.39 is 17.9 Å². The molecule has 0 spiro atoms. The number of carbonyl (C=O) groups excluding carboxylic acids is 1. The van der Waals surface area contributed by atoms with E-state index in [0.717, 1.165) is 5.01 Å². The van der Waals surface area contributed by atoms with Crippen LogP contribution in [-0.2, 0) is 11.2 Å². The highest BCUT2D eigenvalue weighted by atomic mass is 35.5. The Morgan fingerprint density at radius 3 is 2.35 bits per heavy atom. The van der Waals surface area contributed by atoms with E-state index in [2.05, 4.69) is 10.3 Å². The fourth-order valence-electron chi connectivity index (χ4n) is 2.13. The maximum atomic E-state index is 12.3. The largest absolute Gasteiger partial charge is 0.480 e. The lowest BCUT2D eigenvalue weighted by atomic mass is 10.1. The molecule has 5 nitrogen and oxygen atoms in total. The minimum atomic E-state index is -1.13. The number of carboxylic acids is 1. The van der Waals surface area contributed by atoms with Gasteiger partial charge in [-0.1, -0.05) is 23.2 Å². The van der Waals surface area contributed by atoms with Crippen LogP contribution in [0.4, 0.5) is 0 Å². The van der Waals surface area contributed by atoms with Gasteiger partial charge >= 0.3 is 5.97 Å². The normalized spacial score (nSPS) is 12.0. The molecule has 0 saturated heterocycles. The van der Waals surface area contributed by atoms with Gasteiger partial charge in [-0.3, -0.25) is 4.79 Å². The highest BCUT2D eigenvalue weighted by Gasteiger charge is 2.23. The number of nitrogens with one attached hydrogen (secondary N) is 1. The first kappa shape index (κ1) is 17.7. The average molecular weight is 373 g/mol. The number of hydrogen-bond acceptors (Lipinski definition) is 4. The molecule has 1 aromatic heterocycles. The van der Waals surface area contributed by atoms with E-state index in [1.165, 1.54) is 11.3 Å². The van der Waals surface area contributed by atoms with Crippen LogP contribution in [-0.4, -0.2) is 28.0 Å². The molecule has 1 amide bonds. The molecule has 0 aliphatic rings. The first-order valence-electron chi connectivity index (χ1n) is 6.69. The van der Waals surface area contributed by atoms with Crippen LogP contribution in [0.25, 0.3) is 0 Å². The fraction of sp³-hybridized carbons (Fsp3) is 0.267. The summed E-state index contributed by atoms with van der Waals surface area (Å²) < 4.78 is 0. The number of aryl methyl sites for hydroxylation is 2. The number of hydrogen-bond donors (Lipinski definition) is 2. The number of aliphatic carboxylic acids is 1. The lowest BCUT2D eigenvalue weighted by molar-refractivity contribution is -0.139. The second-order valence-corrected chi connectivity index (χ2v) is 7.07. The van der Waals surface area contributed by atoms with Crippen LogP contribution in [0, 0.1) is 13.8 Å². The summed E-state index contributed by atoms with van der Waals surface area (Å²) in [5.41, 5.74) is 1.22. The van der Waals surface area contributed by atoms with Gasteiger partial charge in [-0.05, 0) is 37.6 Å². The lowest BCUT2D eigenvalue weighted by Gasteiger charge is -2.14. The summed E-state index contributed by atoms with van der Waals surface area (Å²) in [6, 6.07) is 3.72. The molecule has 1 heterocycles. The van der Waals surface area contributed by atoms with Crippen molar-refractivity contribution in [2.75, 3.05) is 0 Å². The summed E-state index contributed by atoms with van der Waals surface area (Å²) in [6.07, 6.45) is 0.0815. The van der Waals surface area contributed by atoms with Gasteiger partial charge in [0.05, 0.1) is 10.7 Å². The Bertz CT molecular complexity index is 741. The second kappa shape index (κ2) is 7.29. The zero-order chi connectivity index (χ0) is 17.1. The van der Waals surface area contributed by atoms with Crippen LogP contribution in [0.1, 0.15) is 25.9 Å². The highest BCUT2D eigenvalue weighted by molar-refractivity contribution is 7.13. The Morgan fingerprint density at radius 1 is 1.26 bits per heavy atom. The van der Waals surface area contributed by atoms with E-state index in [1.807, 2.05) is 0 Å². The molecule has 23 heavy (non-hydrogen) atoms. The average Bonchev–Trinajstić information content (AvgIpc) is 2.75. The zero-order valence-electron chi connectivity index (χ0n) is 12.4. The number of benzene rings is 1. The van der Waals surface area contributed by atoms with Crippen molar-refractivity contribution in [1.82, 2.24) is 10.3 Å². The molecule has 0 aliphatic heterocycles. The fourth-order valence-corrected chi connectivity index (χ4v) is 3.52. The molecular weight excluding hydrogens is 359 g/mol. The minimum Gasteiger partial charge on any atom is -0.480 e. The summed E-state index contributed by atoms with van der Waals surface area (Å²) in [6.45, 7) is 3.50. The first-order valence-corrected chi connectivity index (χ1v) is 8.26. The second-order valence-electron chi connectivity index (χ2n) is 4.99. The van der Waals surface area contributed by atoms with Crippen LogP contribution < -0.4 is 5.32 Å². The monoisotopic (exact) mass is 372 g/mol. The third kappa shape index (κ3) is 4.67. The number of thiazole rings is 1. The maximum Gasteiger partial charge on any atom is 0.326 e. The number of amides is 1. The van der Waals surface area contributed by atoms with Crippen LogP contribution in [0.3, 0.4) is 0 Å². The van der Waals surface area contributed by atoms with E-state index in [0.29, 0.717) is 26.2 Å². The van der Waals surface area contributed by atoms with Crippen molar-refractivity contribution in [2.24, 2.45) is 0 Å². The van der Waals surface area contributed by atoms with Gasteiger partial charge in [0.25, 0.3) is 5.91 Å². The van der Waals surface area contributed by atoms with E-state index in [9.17, 15) is 14.7 Å². The zero-order valence-corrected chi connectivity index (χ0v) is 14.7. The quantitative estimate of drug-likeness (QED) is 0.841. The third-order valence-corrected chi connectivity index (χ3v) is 4.58. The molecule has 2 aromatic rings. The smallest absolute Gasteiger partial charge is 0.326 e. The summed E-state index contributed by atoms with van der Waals surface area (Å²) in [4.78, 5) is 28.3. The molecule has 1 atom stereocenters. The van der Waals surface area contributed by atoms with Crippen molar-refractivity contribution in [3.05, 3.63) is 49.4 Å². The SMILES string of the molecule is Cc1nc(C)c(C(=O)NC(Cc2cc(Cl)cc(Cl)c2)C(=O)O)s1. The van der Waals surface area contributed by atoms with Gasteiger partial charge in [0.15, 0.2) is 0 Å². The van der Waals surface area contributed by atoms with Crippen molar-refractivity contribution in [2.45, 2.75) is 26.3 Å². The molecule has 0 saturated carbocycles. The number of carboxylic acid groups (broad SMARTS) is 1. The Morgan fingerprint density at radius 2 is 1.87 bits per heavy atom. The summed E-state index contributed by atoms with van der Waals surface area (Å²) in [5.74, 6) is -1.58. The van der Waals surface area contributed by atoms with Crippen LogP contribution in [0.5, 0.6) is 0 Å². The predicted octanol–water partition coefficient (Wildman–Crippen LogP) is 3.49. The number of nitrogens with zero attached hydrogens (tertiary/aromatic N) is 1. The molecular formula is C15H14Cl2N2O3S. The van der Waals surface area contributed by atoms with Gasteiger partial charge in [0, 0.05) is 16.5 Å². The summed E-state index contributed by atoms with van der Waals surface area (Å²) >= 11 is 13.1. The van der Waals surface area contributed by atoms with E-state index in [1.54, 1.807) is 32.0 Å². The van der Waals surface area contributed by atoms with E-state index in [-0.39, 0.29) is 6.42 Å². The minimum absolute atomic E-state index is 0.0815. The Labute approximate surface area is 147 Å². The molecule has 0 radical (unpaired) electrons. The Kier molecular flexibility index (Phi) is 5.62. The number of carbonyl (C=O) groups is 2. The van der Waals surface area contributed by atoms with Crippen molar-refractivity contribution in [3.63, 3.8) is 0 Å². The van der Waals surface area contributed by atoms with Crippen molar-refractivity contribution in [3.8, 4) is 0 Å². The molecule has 122 valence electrons. The summed E-state index contributed by atoms with van der Waals surface area (Å²) in [7, 11) is 0. The van der Waals surface area contributed by atoms with Crippen molar-refractivity contribution in [1.29, 1.82) is 0 Å². The Hall–Kier alpha value is -1.63. The highest BCUT2D eigenvalue weighted by Crippen LogP contribution is 2.21. The predicted molar refractivity (Wildman–Crippen MR) is 90.6 cm³/mol. The molecule has 0 fully saturated rings. The van der Waals surface area contributed by atoms with Gasteiger partial charge < -0.3 is 10.4 Å². The molecule has 1 aromatic carbocycles. The van der Waals surface area contributed by atoms with E-state index >= 15 is 0 Å². The molecule has 0 bridgehead atoms. The topological polar surface area (TPSA) is 79.3 Å². The van der Waals surface area contributed by atoms with Gasteiger partial charge in [-0.15, -0.1) is 11.3 Å². The van der Waals surface area contributed by atoms with Crippen LogP contribution in [0.2, 0.25) is 10.0 Å². The molecule has 2 N–H and O–H groups in total. The standard InChI is InChI=1S/C15H14Cl2N2O3S/c1-7-13(23-8(2)18-7)14(20)19-12(15(21)22)5-9-3-10(16)6-11(17)4-9/h3-4,6,12H,5H2,1-2H3,(H,19,20)(H,21,22). The van der Waals surface area contributed by atoms with Gasteiger partial charge in [0.1, 0.15) is 10.9 Å². The molecule has 0 aliphatic carbocycles. The molecule has 8 heteroatoms. The number of rotatable bonds is 5. The van der Waals surface area contributed by atoms with E-state index in [4.69, 9.17) is 23.2 Å². The van der Waals surface area contributed by atoms with Crippen LogP contribution in [0.15, 0.2) is 18.2 Å².